The van der Waals surface area contributed by atoms with Gasteiger partial charge in [0.1, 0.15) is 5.82 Å². The third-order valence-corrected chi connectivity index (χ3v) is 3.94. The van der Waals surface area contributed by atoms with Crippen molar-refractivity contribution in [3.8, 4) is 0 Å². The highest BCUT2D eigenvalue weighted by molar-refractivity contribution is 9.10. The first-order chi connectivity index (χ1) is 8.65. The minimum Gasteiger partial charge on any atom is -0.307 e. The Morgan fingerprint density at radius 1 is 1.39 bits per heavy atom. The van der Waals surface area contributed by atoms with Crippen LogP contribution in [0, 0.1) is 5.82 Å². The van der Waals surface area contributed by atoms with Crippen molar-refractivity contribution in [2.24, 2.45) is 0 Å². The van der Waals surface area contributed by atoms with Crippen LogP contribution >= 0.6 is 15.9 Å². The molecular formula is C14H17BrFNO. The van der Waals surface area contributed by atoms with Crippen molar-refractivity contribution in [2.45, 2.75) is 38.1 Å². The maximum atomic E-state index is 13.0. The van der Waals surface area contributed by atoms with Gasteiger partial charge in [0.25, 0.3) is 0 Å². The lowest BCUT2D eigenvalue weighted by atomic mass is 10.1. The molecule has 0 spiro atoms. The molecule has 1 aliphatic rings. The zero-order chi connectivity index (χ0) is 13.0. The summed E-state index contributed by atoms with van der Waals surface area (Å²) in [5.41, 5.74) is 0.849. The molecule has 0 atom stereocenters. The number of carbonyl (C=O) groups is 1. The predicted octanol–water partition coefficient (Wildman–Crippen LogP) is 3.23. The van der Waals surface area contributed by atoms with Crippen LogP contribution in [0.2, 0.25) is 0 Å². The molecule has 0 unspecified atom stereocenters. The summed E-state index contributed by atoms with van der Waals surface area (Å²) in [7, 11) is 0. The fourth-order valence-corrected chi connectivity index (χ4v) is 2.75. The van der Waals surface area contributed by atoms with Crippen molar-refractivity contribution in [3.63, 3.8) is 0 Å². The van der Waals surface area contributed by atoms with Crippen molar-refractivity contribution >= 4 is 21.7 Å². The van der Waals surface area contributed by atoms with E-state index in [1.165, 1.54) is 31.7 Å². The number of carbonyl (C=O) groups excluding carboxylic acids is 1. The second kappa shape index (κ2) is 6.43. The summed E-state index contributed by atoms with van der Waals surface area (Å²) in [4.78, 5) is 11.8. The van der Waals surface area contributed by atoms with Gasteiger partial charge in [0.05, 0.1) is 11.0 Å². The van der Waals surface area contributed by atoms with Crippen LogP contribution in [0.5, 0.6) is 0 Å². The Balaban J connectivity index is 1.80. The molecule has 1 N–H and O–H groups in total. The number of benzene rings is 1. The van der Waals surface area contributed by atoms with Crippen molar-refractivity contribution in [1.82, 2.24) is 5.32 Å². The van der Waals surface area contributed by atoms with Gasteiger partial charge in [0.2, 0.25) is 0 Å². The van der Waals surface area contributed by atoms with E-state index < -0.39 is 0 Å². The number of rotatable bonds is 5. The summed E-state index contributed by atoms with van der Waals surface area (Å²) in [6, 6.07) is 5.22. The smallest absolute Gasteiger partial charge is 0.150 e. The molecule has 1 aromatic rings. The van der Waals surface area contributed by atoms with E-state index in [1.54, 1.807) is 12.1 Å². The average molecular weight is 314 g/mol. The van der Waals surface area contributed by atoms with Crippen LogP contribution in [-0.2, 0) is 11.2 Å². The summed E-state index contributed by atoms with van der Waals surface area (Å²) >= 11 is 3.13. The summed E-state index contributed by atoms with van der Waals surface area (Å²) in [5.74, 6) is -0.143. The lowest BCUT2D eigenvalue weighted by Crippen LogP contribution is -2.32. The molecule has 4 heteroatoms. The second-order valence-corrected chi connectivity index (χ2v) is 5.68. The van der Waals surface area contributed by atoms with Crippen LogP contribution in [-0.4, -0.2) is 18.4 Å². The van der Waals surface area contributed by atoms with Crippen LogP contribution < -0.4 is 5.32 Å². The summed E-state index contributed by atoms with van der Waals surface area (Å²) < 4.78 is 13.5. The molecule has 0 heterocycles. The largest absolute Gasteiger partial charge is 0.307 e. The van der Waals surface area contributed by atoms with E-state index in [-0.39, 0.29) is 11.6 Å². The highest BCUT2D eigenvalue weighted by atomic mass is 79.9. The third-order valence-electron chi connectivity index (χ3n) is 3.33. The molecule has 0 radical (unpaired) electrons. The Labute approximate surface area is 115 Å². The van der Waals surface area contributed by atoms with Gasteiger partial charge in [-0.2, -0.15) is 0 Å². The Morgan fingerprint density at radius 2 is 2.11 bits per heavy atom. The van der Waals surface area contributed by atoms with E-state index in [0.717, 1.165) is 5.56 Å². The first-order valence-electron chi connectivity index (χ1n) is 6.34. The Morgan fingerprint density at radius 3 is 2.78 bits per heavy atom. The van der Waals surface area contributed by atoms with Crippen molar-refractivity contribution < 1.29 is 9.18 Å². The molecule has 0 bridgehead atoms. The number of hydrogen-bond acceptors (Lipinski definition) is 2. The molecule has 2 rings (SSSR count). The second-order valence-electron chi connectivity index (χ2n) is 4.83. The van der Waals surface area contributed by atoms with Crippen LogP contribution in [0.4, 0.5) is 4.39 Å². The molecule has 0 amide bonds. The van der Waals surface area contributed by atoms with Crippen LogP contribution in [0.1, 0.15) is 31.2 Å². The van der Waals surface area contributed by atoms with Crippen LogP contribution in [0.15, 0.2) is 22.7 Å². The normalized spacial score (nSPS) is 16.1. The van der Waals surface area contributed by atoms with Crippen LogP contribution in [0.25, 0.3) is 0 Å². The Kier molecular flexibility index (Phi) is 4.89. The summed E-state index contributed by atoms with van der Waals surface area (Å²) in [6.45, 7) is 0.416. The van der Waals surface area contributed by atoms with Crippen molar-refractivity contribution in [1.29, 1.82) is 0 Å². The maximum absolute atomic E-state index is 13.0. The quantitative estimate of drug-likeness (QED) is 0.904. The number of nitrogens with one attached hydrogen (secondary N) is 1. The van der Waals surface area contributed by atoms with E-state index in [0.29, 0.717) is 23.5 Å². The van der Waals surface area contributed by atoms with Crippen molar-refractivity contribution in [2.75, 3.05) is 6.54 Å². The first-order valence-corrected chi connectivity index (χ1v) is 7.13. The molecule has 0 aliphatic heterocycles. The molecule has 1 fully saturated rings. The SMILES string of the molecule is O=C(CNC1CCCC1)Cc1ccc(F)c(Br)c1. The predicted molar refractivity (Wildman–Crippen MR) is 73.1 cm³/mol. The van der Waals surface area contributed by atoms with Gasteiger partial charge < -0.3 is 5.32 Å². The highest BCUT2D eigenvalue weighted by Crippen LogP contribution is 2.18. The Hall–Kier alpha value is -0.740. The maximum Gasteiger partial charge on any atom is 0.150 e. The van der Waals surface area contributed by atoms with E-state index in [1.807, 2.05) is 0 Å². The molecule has 0 aromatic heterocycles. The Bertz CT molecular complexity index is 430. The minimum absolute atomic E-state index is 0.153. The van der Waals surface area contributed by atoms with E-state index in [9.17, 15) is 9.18 Å². The molecule has 98 valence electrons. The van der Waals surface area contributed by atoms with Crippen molar-refractivity contribution in [3.05, 3.63) is 34.1 Å². The summed E-state index contributed by atoms with van der Waals surface area (Å²) in [5, 5.41) is 3.29. The standard InChI is InChI=1S/C14H17BrFNO/c15-13-8-10(5-6-14(13)16)7-12(18)9-17-11-3-1-2-4-11/h5-6,8,11,17H,1-4,7,9H2. The minimum atomic E-state index is -0.296. The molecule has 2 nitrogen and oxygen atoms in total. The first kappa shape index (κ1) is 13.7. The number of hydrogen-bond donors (Lipinski definition) is 1. The monoisotopic (exact) mass is 313 g/mol. The van der Waals surface area contributed by atoms with E-state index >= 15 is 0 Å². The third kappa shape index (κ3) is 3.89. The molecule has 1 aromatic carbocycles. The zero-order valence-corrected chi connectivity index (χ0v) is 11.8. The molecule has 18 heavy (non-hydrogen) atoms. The molecular weight excluding hydrogens is 297 g/mol. The van der Waals surface area contributed by atoms with Gasteiger partial charge >= 0.3 is 0 Å². The molecule has 1 saturated carbocycles. The number of halogens is 2. The van der Waals surface area contributed by atoms with E-state index in [2.05, 4.69) is 21.2 Å². The lowest BCUT2D eigenvalue weighted by molar-refractivity contribution is -0.117. The van der Waals surface area contributed by atoms with Crippen LogP contribution in [0.3, 0.4) is 0 Å². The fourth-order valence-electron chi connectivity index (χ4n) is 2.33. The van der Waals surface area contributed by atoms with Gasteiger partial charge in [-0.15, -0.1) is 0 Å². The topological polar surface area (TPSA) is 29.1 Å². The average Bonchev–Trinajstić information content (AvgIpc) is 2.84. The van der Waals surface area contributed by atoms with Gasteiger partial charge in [-0.3, -0.25) is 4.79 Å². The fraction of sp³-hybridized carbons (Fsp3) is 0.500. The van der Waals surface area contributed by atoms with Gasteiger partial charge in [-0.05, 0) is 46.5 Å². The lowest BCUT2D eigenvalue weighted by Gasteiger charge is -2.10. The molecule has 1 aliphatic carbocycles. The number of Topliss-reactive ketones (excluding diaryl/α,β-unsaturated/α-hetero) is 1. The van der Waals surface area contributed by atoms with Gasteiger partial charge in [-0.1, -0.05) is 18.9 Å². The van der Waals surface area contributed by atoms with E-state index in [4.69, 9.17) is 0 Å². The van der Waals surface area contributed by atoms with Gasteiger partial charge in [0, 0.05) is 12.5 Å². The van der Waals surface area contributed by atoms with Gasteiger partial charge in [0.15, 0.2) is 5.78 Å². The highest BCUT2D eigenvalue weighted by Gasteiger charge is 2.15. The summed E-state index contributed by atoms with van der Waals surface area (Å²) in [6.07, 6.45) is 5.23. The van der Waals surface area contributed by atoms with Gasteiger partial charge in [-0.25, -0.2) is 4.39 Å². The zero-order valence-electron chi connectivity index (χ0n) is 10.2. The molecule has 0 saturated heterocycles. The number of ketones is 1.